The van der Waals surface area contributed by atoms with Gasteiger partial charge in [0.2, 0.25) is 0 Å². The van der Waals surface area contributed by atoms with Crippen LogP contribution in [0.2, 0.25) is 0 Å². The molecule has 0 aromatic heterocycles. The van der Waals surface area contributed by atoms with Crippen molar-refractivity contribution in [2.24, 2.45) is 5.92 Å². The third-order valence-electron chi connectivity index (χ3n) is 4.56. The summed E-state index contributed by atoms with van der Waals surface area (Å²) in [6.45, 7) is 0.923. The molecule has 26 heavy (non-hydrogen) atoms. The fourth-order valence-corrected chi connectivity index (χ4v) is 3.90. The minimum atomic E-state index is -7.08. The summed E-state index contributed by atoms with van der Waals surface area (Å²) in [7, 11) is -7.08. The first-order chi connectivity index (χ1) is 11.5. The van der Waals surface area contributed by atoms with Gasteiger partial charge in [0.05, 0.1) is 5.92 Å². The van der Waals surface area contributed by atoms with Gasteiger partial charge in [-0.05, 0) is 19.8 Å². The summed E-state index contributed by atoms with van der Waals surface area (Å²) in [5.74, 6) is -4.64. The Bertz CT molecular complexity index is 713. The standard InChI is InChI=1S/C12H12F6O7S/c1-9(3-2-5-4-6(9)24-7(5)19)25-8(20)10(11(13,14)15,12(16,17)18)26(21,22)23/h5-6H,2-4H2,1H3,(H,21,22,23). The number of hydrogen-bond donors (Lipinski definition) is 1. The fourth-order valence-electron chi connectivity index (χ4n) is 3.06. The van der Waals surface area contributed by atoms with E-state index in [0.717, 1.165) is 6.92 Å². The summed E-state index contributed by atoms with van der Waals surface area (Å²) in [5.41, 5.74) is -2.12. The van der Waals surface area contributed by atoms with Crippen LogP contribution in [0.25, 0.3) is 0 Å². The first-order valence-corrected chi connectivity index (χ1v) is 8.46. The maximum absolute atomic E-state index is 13.1. The summed E-state index contributed by atoms with van der Waals surface area (Å²) >= 11 is 0. The zero-order valence-corrected chi connectivity index (χ0v) is 13.7. The van der Waals surface area contributed by atoms with Gasteiger partial charge in [0.1, 0.15) is 11.7 Å². The molecule has 14 heteroatoms. The van der Waals surface area contributed by atoms with Gasteiger partial charge in [0.15, 0.2) is 0 Å². The average Bonchev–Trinajstić information content (AvgIpc) is 2.68. The van der Waals surface area contributed by atoms with Crippen LogP contribution in [-0.4, -0.2) is 53.7 Å². The molecule has 2 rings (SSSR count). The van der Waals surface area contributed by atoms with Crippen molar-refractivity contribution in [1.29, 1.82) is 0 Å². The smallest absolute Gasteiger partial charge is 0.430 e. The highest BCUT2D eigenvalue weighted by atomic mass is 32.2. The molecule has 3 unspecified atom stereocenters. The first kappa shape index (κ1) is 20.7. The van der Waals surface area contributed by atoms with Gasteiger partial charge < -0.3 is 9.47 Å². The highest BCUT2D eigenvalue weighted by molar-refractivity contribution is 7.88. The molecular weight excluding hydrogens is 402 g/mol. The molecule has 1 N–H and O–H groups in total. The molecule has 150 valence electrons. The summed E-state index contributed by atoms with van der Waals surface area (Å²) in [6, 6.07) is 0. The molecule has 2 bridgehead atoms. The summed E-state index contributed by atoms with van der Waals surface area (Å²) in [6.07, 6.45) is -15.4. The normalized spacial score (nSPS) is 30.1. The molecule has 1 saturated carbocycles. The van der Waals surface area contributed by atoms with Gasteiger partial charge in [-0.3, -0.25) is 9.35 Å². The SMILES string of the molecule is CC1(OC(=O)C(C(F)(F)F)(C(F)(F)F)S(=O)(=O)O)CCC2CC1OC2=O. The predicted molar refractivity (Wildman–Crippen MR) is 68.1 cm³/mol. The van der Waals surface area contributed by atoms with E-state index >= 15 is 0 Å². The summed E-state index contributed by atoms with van der Waals surface area (Å²) < 4.78 is 112. The van der Waals surface area contributed by atoms with Crippen LogP contribution in [0.1, 0.15) is 26.2 Å². The summed E-state index contributed by atoms with van der Waals surface area (Å²) in [4.78, 5) is 23.3. The van der Waals surface area contributed by atoms with Gasteiger partial charge in [0.25, 0.3) is 0 Å². The maximum Gasteiger partial charge on any atom is 0.430 e. The van der Waals surface area contributed by atoms with Crippen LogP contribution in [0.15, 0.2) is 0 Å². The second-order valence-corrected chi connectivity index (χ2v) is 7.81. The molecule has 0 radical (unpaired) electrons. The largest absolute Gasteiger partial charge is 0.458 e. The van der Waals surface area contributed by atoms with Gasteiger partial charge in [-0.15, -0.1) is 0 Å². The van der Waals surface area contributed by atoms with Crippen molar-refractivity contribution in [3.63, 3.8) is 0 Å². The average molecular weight is 414 g/mol. The van der Waals surface area contributed by atoms with Crippen LogP contribution < -0.4 is 0 Å². The van der Waals surface area contributed by atoms with E-state index in [4.69, 9.17) is 9.29 Å². The Morgan fingerprint density at radius 2 is 1.73 bits per heavy atom. The van der Waals surface area contributed by atoms with Gasteiger partial charge in [-0.25, -0.2) is 4.79 Å². The Hall–Kier alpha value is -1.57. The Kier molecular flexibility index (Phi) is 4.56. The second kappa shape index (κ2) is 5.71. The molecule has 0 spiro atoms. The van der Waals surface area contributed by atoms with Crippen molar-refractivity contribution in [3.8, 4) is 0 Å². The van der Waals surface area contributed by atoms with Crippen molar-refractivity contribution in [2.45, 2.75) is 55.0 Å². The Morgan fingerprint density at radius 3 is 2.15 bits per heavy atom. The van der Waals surface area contributed by atoms with E-state index in [0.29, 0.717) is 0 Å². The molecule has 0 aromatic rings. The molecule has 1 aliphatic carbocycles. The molecule has 2 aliphatic rings. The number of fused-ring (bicyclic) bond motifs is 2. The third-order valence-corrected chi connectivity index (χ3v) is 5.96. The van der Waals surface area contributed by atoms with Crippen LogP contribution in [0, 0.1) is 5.92 Å². The van der Waals surface area contributed by atoms with Gasteiger partial charge in [-0.1, -0.05) is 0 Å². The van der Waals surface area contributed by atoms with Crippen molar-refractivity contribution in [3.05, 3.63) is 0 Å². The Balaban J connectivity index is 2.51. The summed E-state index contributed by atoms with van der Waals surface area (Å²) in [5, 5.41) is 0. The van der Waals surface area contributed by atoms with Crippen molar-refractivity contribution in [2.75, 3.05) is 0 Å². The topological polar surface area (TPSA) is 107 Å². The number of hydrogen-bond acceptors (Lipinski definition) is 6. The lowest BCUT2D eigenvalue weighted by molar-refractivity contribution is -0.274. The van der Waals surface area contributed by atoms with E-state index in [2.05, 4.69) is 4.74 Å². The number of carbonyl (C=O) groups is 2. The van der Waals surface area contributed by atoms with Crippen LogP contribution in [0.4, 0.5) is 26.3 Å². The quantitative estimate of drug-likeness (QED) is 0.426. The fraction of sp³-hybridized carbons (Fsp3) is 0.833. The van der Waals surface area contributed by atoms with E-state index in [1.54, 1.807) is 0 Å². The van der Waals surface area contributed by atoms with Crippen molar-refractivity contribution < 1.29 is 58.4 Å². The number of halogens is 6. The lowest BCUT2D eigenvalue weighted by atomic mass is 9.79. The Labute approximate surface area is 142 Å². The monoisotopic (exact) mass is 414 g/mol. The van der Waals surface area contributed by atoms with Gasteiger partial charge >= 0.3 is 39.2 Å². The van der Waals surface area contributed by atoms with Crippen LogP contribution >= 0.6 is 0 Å². The minimum Gasteiger partial charge on any atom is -0.458 e. The van der Waals surface area contributed by atoms with E-state index < -0.39 is 56.8 Å². The predicted octanol–water partition coefficient (Wildman–Crippen LogP) is 1.77. The molecule has 1 aliphatic heterocycles. The van der Waals surface area contributed by atoms with Gasteiger partial charge in [0, 0.05) is 6.42 Å². The molecule has 0 amide bonds. The van der Waals surface area contributed by atoms with Crippen LogP contribution in [0.5, 0.6) is 0 Å². The molecule has 7 nitrogen and oxygen atoms in total. The van der Waals surface area contributed by atoms with E-state index in [1.165, 1.54) is 0 Å². The van der Waals surface area contributed by atoms with E-state index in [1.807, 2.05) is 0 Å². The number of alkyl halides is 6. The number of rotatable bonds is 3. The number of carbonyl (C=O) groups excluding carboxylic acids is 2. The number of esters is 2. The molecule has 2 fully saturated rings. The van der Waals surface area contributed by atoms with Crippen LogP contribution in [0.3, 0.4) is 0 Å². The second-order valence-electron chi connectivity index (χ2n) is 6.25. The minimum absolute atomic E-state index is 0.0456. The zero-order valence-electron chi connectivity index (χ0n) is 12.8. The van der Waals surface area contributed by atoms with Crippen molar-refractivity contribution >= 4 is 22.1 Å². The lowest BCUT2D eigenvalue weighted by Gasteiger charge is -2.40. The molecule has 0 aromatic carbocycles. The van der Waals surface area contributed by atoms with E-state index in [9.17, 15) is 44.3 Å². The zero-order chi connectivity index (χ0) is 20.3. The van der Waals surface area contributed by atoms with Gasteiger partial charge in [-0.2, -0.15) is 34.8 Å². The highest BCUT2D eigenvalue weighted by Crippen LogP contribution is 2.51. The Morgan fingerprint density at radius 1 is 1.23 bits per heavy atom. The van der Waals surface area contributed by atoms with Crippen LogP contribution in [-0.2, 0) is 29.2 Å². The first-order valence-electron chi connectivity index (χ1n) is 7.02. The third kappa shape index (κ3) is 2.82. The lowest BCUT2D eigenvalue weighted by Crippen LogP contribution is -2.68. The van der Waals surface area contributed by atoms with E-state index in [-0.39, 0.29) is 19.3 Å². The van der Waals surface area contributed by atoms with Crippen molar-refractivity contribution in [1.82, 2.24) is 0 Å². The number of ether oxygens (including phenoxy) is 2. The highest BCUT2D eigenvalue weighted by Gasteiger charge is 2.85. The molecule has 1 heterocycles. The molecule has 1 saturated heterocycles. The molecule has 3 atom stereocenters. The molecular formula is C12H12F6O7S. The maximum atomic E-state index is 13.1.